The third-order valence-corrected chi connectivity index (χ3v) is 3.72. The number of rotatable bonds is 7. The standard InChI is InChI=1S/C19H21N3O3/c1-14(17-5-3-4-12-21-17)22(2)19(24)11-8-15-6-9-16(10-7-15)25-13-18(20)23/h3-12,14H,13H2,1-2H3,(H2,20,23)/b11-8-/t14-/m1/s1. The Labute approximate surface area is 146 Å². The lowest BCUT2D eigenvalue weighted by atomic mass is 10.1. The number of ether oxygens (including phenoxy) is 1. The van der Waals surface area contributed by atoms with E-state index in [1.807, 2.05) is 25.1 Å². The van der Waals surface area contributed by atoms with Crippen molar-refractivity contribution in [3.05, 3.63) is 66.0 Å². The van der Waals surface area contributed by atoms with Crippen LogP contribution in [0.25, 0.3) is 6.08 Å². The van der Waals surface area contributed by atoms with Crippen molar-refractivity contribution in [2.45, 2.75) is 13.0 Å². The Hall–Kier alpha value is -3.15. The number of benzene rings is 1. The summed E-state index contributed by atoms with van der Waals surface area (Å²) in [5.74, 6) is -0.102. The molecule has 6 nitrogen and oxygen atoms in total. The number of hydrogen-bond donors (Lipinski definition) is 1. The molecule has 0 spiro atoms. The Bertz CT molecular complexity index is 742. The number of carbonyl (C=O) groups excluding carboxylic acids is 2. The summed E-state index contributed by atoms with van der Waals surface area (Å²) in [4.78, 5) is 28.9. The highest BCUT2D eigenvalue weighted by molar-refractivity contribution is 5.91. The van der Waals surface area contributed by atoms with Crippen LogP contribution in [0, 0.1) is 0 Å². The van der Waals surface area contributed by atoms with Crippen LogP contribution in [-0.2, 0) is 9.59 Å². The van der Waals surface area contributed by atoms with Gasteiger partial charge in [-0.05, 0) is 42.8 Å². The van der Waals surface area contributed by atoms with Gasteiger partial charge in [0.05, 0.1) is 11.7 Å². The molecule has 0 saturated heterocycles. The SMILES string of the molecule is C[C@H](c1ccccn1)N(C)C(=O)/C=C\c1ccc(OCC(N)=O)cc1. The zero-order valence-corrected chi connectivity index (χ0v) is 14.3. The highest BCUT2D eigenvalue weighted by Gasteiger charge is 2.15. The molecule has 25 heavy (non-hydrogen) atoms. The van der Waals surface area contributed by atoms with Crippen LogP contribution in [-0.4, -0.2) is 35.4 Å². The van der Waals surface area contributed by atoms with Crippen molar-refractivity contribution in [3.8, 4) is 5.75 Å². The van der Waals surface area contributed by atoms with Crippen molar-refractivity contribution in [2.24, 2.45) is 5.73 Å². The smallest absolute Gasteiger partial charge is 0.255 e. The van der Waals surface area contributed by atoms with E-state index in [1.165, 1.54) is 6.08 Å². The third-order valence-electron chi connectivity index (χ3n) is 3.72. The number of amides is 2. The minimum atomic E-state index is -0.528. The zero-order chi connectivity index (χ0) is 18.2. The average Bonchev–Trinajstić information content (AvgIpc) is 2.64. The molecule has 2 amide bonds. The lowest BCUT2D eigenvalue weighted by Gasteiger charge is -2.23. The van der Waals surface area contributed by atoms with E-state index >= 15 is 0 Å². The van der Waals surface area contributed by atoms with Gasteiger partial charge in [0, 0.05) is 19.3 Å². The van der Waals surface area contributed by atoms with E-state index in [4.69, 9.17) is 10.5 Å². The van der Waals surface area contributed by atoms with Crippen LogP contribution in [0.2, 0.25) is 0 Å². The maximum Gasteiger partial charge on any atom is 0.255 e. The van der Waals surface area contributed by atoms with Crippen molar-refractivity contribution >= 4 is 17.9 Å². The molecule has 2 N–H and O–H groups in total. The molecule has 0 unspecified atom stereocenters. The van der Waals surface area contributed by atoms with Gasteiger partial charge in [-0.25, -0.2) is 0 Å². The Kier molecular flexibility index (Phi) is 6.28. The third kappa shape index (κ3) is 5.46. The van der Waals surface area contributed by atoms with Gasteiger partial charge in [0.15, 0.2) is 6.61 Å². The van der Waals surface area contributed by atoms with Gasteiger partial charge >= 0.3 is 0 Å². The van der Waals surface area contributed by atoms with Crippen LogP contribution in [0.4, 0.5) is 0 Å². The summed E-state index contributed by atoms with van der Waals surface area (Å²) in [5, 5.41) is 0. The highest BCUT2D eigenvalue weighted by Crippen LogP contribution is 2.17. The quantitative estimate of drug-likeness (QED) is 0.784. The molecular weight excluding hydrogens is 318 g/mol. The van der Waals surface area contributed by atoms with Crippen LogP contribution in [0.5, 0.6) is 5.75 Å². The highest BCUT2D eigenvalue weighted by atomic mass is 16.5. The molecule has 0 aliphatic rings. The molecule has 2 aromatic rings. The Morgan fingerprint density at radius 2 is 1.96 bits per heavy atom. The lowest BCUT2D eigenvalue weighted by molar-refractivity contribution is -0.126. The predicted molar refractivity (Wildman–Crippen MR) is 95.6 cm³/mol. The maximum atomic E-state index is 12.3. The normalized spacial score (nSPS) is 11.9. The summed E-state index contributed by atoms with van der Waals surface area (Å²) < 4.78 is 5.19. The fourth-order valence-electron chi connectivity index (χ4n) is 2.13. The molecule has 6 heteroatoms. The van der Waals surface area contributed by atoms with Crippen molar-refractivity contribution < 1.29 is 14.3 Å². The van der Waals surface area contributed by atoms with Gasteiger partial charge in [-0.15, -0.1) is 0 Å². The molecule has 0 fully saturated rings. The van der Waals surface area contributed by atoms with E-state index in [1.54, 1.807) is 48.5 Å². The number of pyridine rings is 1. The number of aromatic nitrogens is 1. The van der Waals surface area contributed by atoms with E-state index in [0.717, 1.165) is 11.3 Å². The van der Waals surface area contributed by atoms with Crippen LogP contribution in [0.3, 0.4) is 0 Å². The monoisotopic (exact) mass is 339 g/mol. The number of primary amides is 1. The summed E-state index contributed by atoms with van der Waals surface area (Å²) >= 11 is 0. The first-order valence-electron chi connectivity index (χ1n) is 7.84. The molecule has 130 valence electrons. The van der Waals surface area contributed by atoms with Crippen LogP contribution in [0.1, 0.15) is 24.2 Å². The van der Waals surface area contributed by atoms with E-state index in [9.17, 15) is 9.59 Å². The van der Waals surface area contributed by atoms with E-state index in [0.29, 0.717) is 5.75 Å². The summed E-state index contributed by atoms with van der Waals surface area (Å²) in [6.07, 6.45) is 4.95. The first-order valence-corrected chi connectivity index (χ1v) is 7.84. The fraction of sp³-hybridized carbons (Fsp3) is 0.211. The van der Waals surface area contributed by atoms with Gasteiger partial charge in [-0.1, -0.05) is 18.2 Å². The van der Waals surface area contributed by atoms with E-state index in [2.05, 4.69) is 4.98 Å². The number of nitrogens with zero attached hydrogens (tertiary/aromatic N) is 2. The first-order chi connectivity index (χ1) is 12.0. The molecule has 1 aromatic carbocycles. The number of likely N-dealkylation sites (N-methyl/N-ethyl adjacent to an activating group) is 1. The Balaban J connectivity index is 1.96. The van der Waals surface area contributed by atoms with Crippen LogP contribution >= 0.6 is 0 Å². The molecule has 0 radical (unpaired) electrons. The molecular formula is C19H21N3O3. The number of hydrogen-bond acceptors (Lipinski definition) is 4. The van der Waals surface area contributed by atoms with Crippen LogP contribution < -0.4 is 10.5 Å². The first kappa shape index (κ1) is 18.2. The molecule has 2 rings (SSSR count). The van der Waals surface area contributed by atoms with Gasteiger partial charge in [-0.2, -0.15) is 0 Å². The molecule has 1 aromatic heterocycles. The Morgan fingerprint density at radius 3 is 2.56 bits per heavy atom. The molecule has 0 aliphatic carbocycles. The van der Waals surface area contributed by atoms with Crippen molar-refractivity contribution in [2.75, 3.05) is 13.7 Å². The minimum absolute atomic E-state index is 0.118. The van der Waals surface area contributed by atoms with Crippen LogP contribution in [0.15, 0.2) is 54.7 Å². The molecule has 0 aliphatic heterocycles. The van der Waals surface area contributed by atoms with E-state index < -0.39 is 5.91 Å². The van der Waals surface area contributed by atoms with Gasteiger partial charge in [0.25, 0.3) is 5.91 Å². The fourth-order valence-corrected chi connectivity index (χ4v) is 2.13. The van der Waals surface area contributed by atoms with Gasteiger partial charge in [-0.3, -0.25) is 14.6 Å². The Morgan fingerprint density at radius 1 is 1.24 bits per heavy atom. The van der Waals surface area contributed by atoms with Gasteiger partial charge in [0.2, 0.25) is 5.91 Å². The minimum Gasteiger partial charge on any atom is -0.484 e. The maximum absolute atomic E-state index is 12.3. The van der Waals surface area contributed by atoms with Gasteiger partial charge < -0.3 is 15.4 Å². The second kappa shape index (κ2) is 8.63. The second-order valence-corrected chi connectivity index (χ2v) is 5.54. The topological polar surface area (TPSA) is 85.5 Å². The average molecular weight is 339 g/mol. The zero-order valence-electron chi connectivity index (χ0n) is 14.3. The lowest BCUT2D eigenvalue weighted by Crippen LogP contribution is -2.28. The molecule has 1 atom stereocenters. The summed E-state index contributed by atoms with van der Waals surface area (Å²) in [6.45, 7) is 1.77. The molecule has 0 bridgehead atoms. The van der Waals surface area contributed by atoms with Crippen molar-refractivity contribution in [1.82, 2.24) is 9.88 Å². The van der Waals surface area contributed by atoms with E-state index in [-0.39, 0.29) is 18.6 Å². The molecule has 0 saturated carbocycles. The van der Waals surface area contributed by atoms with Crippen molar-refractivity contribution in [1.29, 1.82) is 0 Å². The number of nitrogens with two attached hydrogens (primary N) is 1. The largest absolute Gasteiger partial charge is 0.484 e. The molecule has 1 heterocycles. The second-order valence-electron chi connectivity index (χ2n) is 5.54. The predicted octanol–water partition coefficient (Wildman–Crippen LogP) is 2.18. The summed E-state index contributed by atoms with van der Waals surface area (Å²) in [6, 6.07) is 12.5. The van der Waals surface area contributed by atoms with Crippen molar-refractivity contribution in [3.63, 3.8) is 0 Å². The summed E-state index contributed by atoms with van der Waals surface area (Å²) in [5.41, 5.74) is 6.71. The number of carbonyl (C=O) groups is 2. The summed E-state index contributed by atoms with van der Waals surface area (Å²) in [7, 11) is 1.74. The van der Waals surface area contributed by atoms with Gasteiger partial charge in [0.1, 0.15) is 5.75 Å².